The highest BCUT2D eigenvalue weighted by Gasteiger charge is 2.05. The van der Waals surface area contributed by atoms with E-state index in [9.17, 15) is 0 Å². The first-order chi connectivity index (χ1) is 8.79. The van der Waals surface area contributed by atoms with Gasteiger partial charge in [-0.2, -0.15) is 0 Å². The van der Waals surface area contributed by atoms with Gasteiger partial charge in [0.2, 0.25) is 0 Å². The minimum absolute atomic E-state index is 0. The molecule has 0 unspecified atom stereocenters. The van der Waals surface area contributed by atoms with Crippen LogP contribution in [-0.4, -0.2) is 28.3 Å². The van der Waals surface area contributed by atoms with E-state index in [1.54, 1.807) is 30.6 Å². The van der Waals surface area contributed by atoms with Gasteiger partial charge in [0.05, 0.1) is 18.8 Å². The van der Waals surface area contributed by atoms with Crippen LogP contribution in [0.4, 0.5) is 11.4 Å². The zero-order chi connectivity index (χ0) is 12.8. The van der Waals surface area contributed by atoms with Gasteiger partial charge in [0.15, 0.2) is 0 Å². The Hall–Kier alpha value is -1.92. The zero-order valence-corrected chi connectivity index (χ0v) is 11.1. The van der Waals surface area contributed by atoms with Crippen LogP contribution in [0, 0.1) is 0 Å². The van der Waals surface area contributed by atoms with Crippen molar-refractivity contribution in [3.63, 3.8) is 0 Å². The second-order valence-corrected chi connectivity index (χ2v) is 3.72. The number of halogens is 1. The summed E-state index contributed by atoms with van der Waals surface area (Å²) in [6.07, 6.45) is 3.46. The summed E-state index contributed by atoms with van der Waals surface area (Å²) in [5.74, 6) is 1.48. The van der Waals surface area contributed by atoms with Crippen molar-refractivity contribution in [2.24, 2.45) is 0 Å². The second kappa shape index (κ2) is 7.50. The lowest BCUT2D eigenvalue weighted by Gasteiger charge is -2.12. The van der Waals surface area contributed by atoms with E-state index in [2.05, 4.69) is 15.3 Å². The highest BCUT2D eigenvalue weighted by Crippen LogP contribution is 2.27. The van der Waals surface area contributed by atoms with E-state index in [0.717, 1.165) is 11.5 Å². The summed E-state index contributed by atoms with van der Waals surface area (Å²) in [5.41, 5.74) is 7.16. The first-order valence-corrected chi connectivity index (χ1v) is 5.65. The van der Waals surface area contributed by atoms with Crippen LogP contribution in [0.3, 0.4) is 0 Å². The van der Waals surface area contributed by atoms with Crippen LogP contribution in [0.25, 0.3) is 0 Å². The standard InChI is InChI=1S/C12H16N4O2.ClH/c13-9-1-2-11(18-6-5-17)10(7-9)16-8-12-14-3-4-15-12;/h1-4,7,16-17H,5-6,8,13H2,(H,14,15);1H. The molecule has 0 amide bonds. The number of aliphatic hydroxyl groups excluding tert-OH is 1. The molecule has 0 saturated carbocycles. The Kier molecular flexibility index (Phi) is 5.98. The van der Waals surface area contributed by atoms with Crippen LogP contribution < -0.4 is 15.8 Å². The molecule has 0 aliphatic rings. The summed E-state index contributed by atoms with van der Waals surface area (Å²) in [7, 11) is 0. The number of ether oxygens (including phenoxy) is 1. The summed E-state index contributed by atoms with van der Waals surface area (Å²) in [6.45, 7) is 0.771. The number of hydrogen-bond acceptors (Lipinski definition) is 5. The van der Waals surface area contributed by atoms with Gasteiger partial charge in [0.25, 0.3) is 0 Å². The lowest BCUT2D eigenvalue weighted by atomic mass is 10.2. The molecule has 7 heteroatoms. The quantitative estimate of drug-likeness (QED) is 0.601. The second-order valence-electron chi connectivity index (χ2n) is 3.72. The number of benzene rings is 1. The Morgan fingerprint density at radius 1 is 1.42 bits per heavy atom. The summed E-state index contributed by atoms with van der Waals surface area (Å²) in [6, 6.07) is 5.32. The number of imidazole rings is 1. The molecule has 1 heterocycles. The Morgan fingerprint density at radius 3 is 2.95 bits per heavy atom. The molecule has 1 aromatic heterocycles. The highest BCUT2D eigenvalue weighted by atomic mass is 35.5. The van der Waals surface area contributed by atoms with Crippen molar-refractivity contribution >= 4 is 23.8 Å². The number of aromatic nitrogens is 2. The van der Waals surface area contributed by atoms with Gasteiger partial charge < -0.3 is 25.9 Å². The van der Waals surface area contributed by atoms with Gasteiger partial charge in [-0.3, -0.25) is 0 Å². The fourth-order valence-corrected chi connectivity index (χ4v) is 1.54. The summed E-state index contributed by atoms with van der Waals surface area (Å²) >= 11 is 0. The SMILES string of the molecule is Cl.Nc1ccc(OCCO)c(NCc2ncc[nH]2)c1. The molecule has 2 aromatic rings. The lowest BCUT2D eigenvalue weighted by molar-refractivity contribution is 0.202. The Balaban J connectivity index is 0.00000180. The molecular weight excluding hydrogens is 268 g/mol. The number of rotatable bonds is 6. The maximum atomic E-state index is 8.77. The largest absolute Gasteiger partial charge is 0.489 e. The van der Waals surface area contributed by atoms with Crippen molar-refractivity contribution in [1.29, 1.82) is 0 Å². The summed E-state index contributed by atoms with van der Waals surface area (Å²) < 4.78 is 5.41. The zero-order valence-electron chi connectivity index (χ0n) is 10.3. The molecule has 0 radical (unpaired) electrons. The van der Waals surface area contributed by atoms with Crippen molar-refractivity contribution in [2.45, 2.75) is 6.54 Å². The van der Waals surface area contributed by atoms with Gasteiger partial charge in [0.1, 0.15) is 18.2 Å². The molecule has 2 rings (SSSR count). The van der Waals surface area contributed by atoms with E-state index in [-0.39, 0.29) is 25.6 Å². The third-order valence-electron chi connectivity index (χ3n) is 2.35. The fraction of sp³-hybridized carbons (Fsp3) is 0.250. The van der Waals surface area contributed by atoms with Crippen molar-refractivity contribution in [3.8, 4) is 5.75 Å². The van der Waals surface area contributed by atoms with Crippen LogP contribution in [0.15, 0.2) is 30.6 Å². The van der Waals surface area contributed by atoms with Crippen LogP contribution in [0.5, 0.6) is 5.75 Å². The maximum Gasteiger partial charge on any atom is 0.142 e. The number of nitrogens with zero attached hydrogens (tertiary/aromatic N) is 1. The third kappa shape index (κ3) is 4.35. The van der Waals surface area contributed by atoms with Gasteiger partial charge in [0, 0.05) is 18.1 Å². The molecule has 1 aromatic carbocycles. The van der Waals surface area contributed by atoms with Crippen molar-refractivity contribution in [3.05, 3.63) is 36.4 Å². The number of H-pyrrole nitrogens is 1. The minimum Gasteiger partial charge on any atom is -0.489 e. The van der Waals surface area contributed by atoms with E-state index in [1.807, 2.05) is 0 Å². The average molecular weight is 285 g/mol. The maximum absolute atomic E-state index is 8.77. The van der Waals surface area contributed by atoms with Gasteiger partial charge >= 0.3 is 0 Å². The Morgan fingerprint density at radius 2 is 2.26 bits per heavy atom. The number of nitrogen functional groups attached to an aromatic ring is 1. The van der Waals surface area contributed by atoms with Gasteiger partial charge in [-0.1, -0.05) is 0 Å². The molecule has 5 N–H and O–H groups in total. The van der Waals surface area contributed by atoms with Crippen LogP contribution in [0.2, 0.25) is 0 Å². The highest BCUT2D eigenvalue weighted by molar-refractivity contribution is 5.85. The molecule has 0 aliphatic carbocycles. The van der Waals surface area contributed by atoms with Gasteiger partial charge in [-0.15, -0.1) is 12.4 Å². The van der Waals surface area contributed by atoms with E-state index in [1.165, 1.54) is 0 Å². The van der Waals surface area contributed by atoms with Crippen LogP contribution in [-0.2, 0) is 6.54 Å². The number of nitrogens with one attached hydrogen (secondary N) is 2. The summed E-state index contributed by atoms with van der Waals surface area (Å²) in [5, 5.41) is 12.0. The minimum atomic E-state index is -0.0258. The fourth-order valence-electron chi connectivity index (χ4n) is 1.54. The molecule has 0 aliphatic heterocycles. The number of hydrogen-bond donors (Lipinski definition) is 4. The van der Waals surface area contributed by atoms with Crippen molar-refractivity contribution in [2.75, 3.05) is 24.3 Å². The average Bonchev–Trinajstić information content (AvgIpc) is 2.88. The van der Waals surface area contributed by atoms with Crippen molar-refractivity contribution < 1.29 is 9.84 Å². The molecule has 6 nitrogen and oxygen atoms in total. The molecule has 0 spiro atoms. The molecule has 19 heavy (non-hydrogen) atoms. The van der Waals surface area contributed by atoms with Gasteiger partial charge in [-0.25, -0.2) is 4.98 Å². The number of aliphatic hydroxyl groups is 1. The monoisotopic (exact) mass is 284 g/mol. The molecule has 104 valence electrons. The number of anilines is 2. The van der Waals surface area contributed by atoms with E-state index in [0.29, 0.717) is 18.0 Å². The third-order valence-corrected chi connectivity index (χ3v) is 2.35. The molecular formula is C12H17ClN4O2. The molecule has 0 fully saturated rings. The normalized spacial score (nSPS) is 9.74. The molecule has 0 atom stereocenters. The predicted molar refractivity (Wildman–Crippen MR) is 76.6 cm³/mol. The topological polar surface area (TPSA) is 96.2 Å². The molecule has 0 saturated heterocycles. The first-order valence-electron chi connectivity index (χ1n) is 5.65. The smallest absolute Gasteiger partial charge is 0.142 e. The van der Waals surface area contributed by atoms with Crippen molar-refractivity contribution in [1.82, 2.24) is 9.97 Å². The molecule has 0 bridgehead atoms. The Bertz CT molecular complexity index is 490. The summed E-state index contributed by atoms with van der Waals surface area (Å²) in [4.78, 5) is 7.11. The number of aromatic amines is 1. The van der Waals surface area contributed by atoms with E-state index in [4.69, 9.17) is 15.6 Å². The van der Waals surface area contributed by atoms with E-state index < -0.39 is 0 Å². The lowest BCUT2D eigenvalue weighted by Crippen LogP contribution is -2.07. The Labute approximate surface area is 117 Å². The van der Waals surface area contributed by atoms with Crippen LogP contribution >= 0.6 is 12.4 Å². The van der Waals surface area contributed by atoms with Gasteiger partial charge in [-0.05, 0) is 18.2 Å². The van der Waals surface area contributed by atoms with Crippen LogP contribution in [0.1, 0.15) is 5.82 Å². The predicted octanol–water partition coefficient (Wildman–Crippen LogP) is 1.40. The first kappa shape index (κ1) is 15.1. The number of nitrogens with two attached hydrogens (primary N) is 1. The van der Waals surface area contributed by atoms with E-state index >= 15 is 0 Å².